The minimum atomic E-state index is -3.81. The lowest BCUT2D eigenvalue weighted by molar-refractivity contribution is -0.137. The topological polar surface area (TPSA) is 107 Å². The van der Waals surface area contributed by atoms with Gasteiger partial charge < -0.3 is 10.5 Å². The van der Waals surface area contributed by atoms with E-state index in [9.17, 15) is 18.0 Å². The van der Waals surface area contributed by atoms with E-state index < -0.39 is 27.9 Å². The zero-order valence-electron chi connectivity index (χ0n) is 14.8. The molecular formula is C19H20N2O5S. The normalized spacial score (nSPS) is 17.6. The molecule has 1 fully saturated rings. The zero-order chi connectivity index (χ0) is 19.6. The second-order valence-electron chi connectivity index (χ2n) is 6.40. The molecule has 8 heteroatoms. The van der Waals surface area contributed by atoms with Crippen LogP contribution in [0.2, 0.25) is 0 Å². The van der Waals surface area contributed by atoms with E-state index in [0.29, 0.717) is 12.8 Å². The number of sulfonamides is 1. The van der Waals surface area contributed by atoms with Gasteiger partial charge in [-0.25, -0.2) is 13.2 Å². The molecule has 0 aromatic heterocycles. The van der Waals surface area contributed by atoms with Crippen LogP contribution in [0.4, 0.5) is 0 Å². The molecule has 2 aromatic carbocycles. The molecular weight excluding hydrogens is 368 g/mol. The van der Waals surface area contributed by atoms with Gasteiger partial charge in [0.2, 0.25) is 15.9 Å². The summed E-state index contributed by atoms with van der Waals surface area (Å²) < 4.78 is 32.3. The van der Waals surface area contributed by atoms with E-state index in [4.69, 9.17) is 10.5 Å². The summed E-state index contributed by atoms with van der Waals surface area (Å²) in [6.45, 7) is 2.12. The molecule has 1 aliphatic rings. The van der Waals surface area contributed by atoms with Gasteiger partial charge in [0, 0.05) is 12.1 Å². The van der Waals surface area contributed by atoms with Crippen molar-refractivity contribution in [3.63, 3.8) is 0 Å². The van der Waals surface area contributed by atoms with Gasteiger partial charge in [0.1, 0.15) is 11.8 Å². The van der Waals surface area contributed by atoms with E-state index in [-0.39, 0.29) is 22.8 Å². The lowest BCUT2D eigenvalue weighted by atomic mass is 10.2. The highest BCUT2D eigenvalue weighted by molar-refractivity contribution is 7.89. The van der Waals surface area contributed by atoms with Crippen molar-refractivity contribution in [2.24, 2.45) is 5.73 Å². The van der Waals surface area contributed by atoms with Crippen molar-refractivity contribution in [2.45, 2.75) is 30.7 Å². The number of amides is 1. The van der Waals surface area contributed by atoms with Crippen molar-refractivity contribution in [3.8, 4) is 5.75 Å². The average Bonchev–Trinajstić information content (AvgIpc) is 3.13. The van der Waals surface area contributed by atoms with Crippen molar-refractivity contribution in [1.82, 2.24) is 4.31 Å². The molecule has 2 aromatic rings. The first kappa shape index (κ1) is 19.1. The molecule has 27 heavy (non-hydrogen) atoms. The van der Waals surface area contributed by atoms with E-state index in [1.54, 1.807) is 12.1 Å². The first-order chi connectivity index (χ1) is 12.8. The molecule has 1 heterocycles. The highest BCUT2D eigenvalue weighted by Gasteiger charge is 2.40. The smallest absolute Gasteiger partial charge is 0.329 e. The monoisotopic (exact) mass is 388 g/mol. The van der Waals surface area contributed by atoms with Crippen LogP contribution in [0.3, 0.4) is 0 Å². The molecule has 142 valence electrons. The minimum absolute atomic E-state index is 0.142. The van der Waals surface area contributed by atoms with Gasteiger partial charge >= 0.3 is 5.97 Å². The Morgan fingerprint density at radius 1 is 1.15 bits per heavy atom. The molecule has 0 radical (unpaired) electrons. The van der Waals surface area contributed by atoms with E-state index >= 15 is 0 Å². The summed E-state index contributed by atoms with van der Waals surface area (Å²) in [6.07, 6.45) is 0.936. The average molecular weight is 388 g/mol. The number of rotatable bonds is 5. The fourth-order valence-electron chi connectivity index (χ4n) is 3.01. The summed E-state index contributed by atoms with van der Waals surface area (Å²) in [5, 5.41) is 0. The van der Waals surface area contributed by atoms with E-state index in [1.807, 2.05) is 6.92 Å². The van der Waals surface area contributed by atoms with Crippen LogP contribution in [0.15, 0.2) is 53.4 Å². The molecule has 7 nitrogen and oxygen atoms in total. The Morgan fingerprint density at radius 2 is 1.85 bits per heavy atom. The Hall–Kier alpha value is -2.71. The standard InChI is InChI=1S/C19H20N2O5S/c1-13-7-9-16(10-8-13)27(24,25)21-11-3-6-17(21)19(23)26-15-5-2-4-14(12-15)18(20)22/h2,4-5,7-10,12,17H,3,6,11H2,1H3,(H2,20,22)/t17-/m0/s1. The number of benzene rings is 2. The van der Waals surface area contributed by atoms with Crippen molar-refractivity contribution in [2.75, 3.05) is 6.54 Å². The number of hydrogen-bond donors (Lipinski definition) is 1. The number of hydrogen-bond acceptors (Lipinski definition) is 5. The fraction of sp³-hybridized carbons (Fsp3) is 0.263. The lowest BCUT2D eigenvalue weighted by Gasteiger charge is -2.22. The van der Waals surface area contributed by atoms with Crippen LogP contribution in [-0.4, -0.2) is 37.2 Å². The van der Waals surface area contributed by atoms with Crippen LogP contribution in [0.5, 0.6) is 5.75 Å². The van der Waals surface area contributed by atoms with Crippen LogP contribution in [0, 0.1) is 6.92 Å². The first-order valence-electron chi connectivity index (χ1n) is 8.49. The number of esters is 1. The second kappa shape index (κ2) is 7.50. The largest absolute Gasteiger partial charge is 0.425 e. The molecule has 0 saturated carbocycles. The van der Waals surface area contributed by atoms with Gasteiger partial charge in [-0.05, 0) is 50.1 Å². The highest BCUT2D eigenvalue weighted by Crippen LogP contribution is 2.27. The molecule has 0 unspecified atom stereocenters. The number of ether oxygens (including phenoxy) is 1. The first-order valence-corrected chi connectivity index (χ1v) is 9.93. The SMILES string of the molecule is Cc1ccc(S(=O)(=O)N2CCC[C@H]2C(=O)Oc2cccc(C(N)=O)c2)cc1. The number of aryl methyl sites for hydroxylation is 1. The Morgan fingerprint density at radius 3 is 2.52 bits per heavy atom. The predicted molar refractivity (Wildman–Crippen MR) is 98.7 cm³/mol. The van der Waals surface area contributed by atoms with Crippen molar-refractivity contribution < 1.29 is 22.7 Å². The van der Waals surface area contributed by atoms with E-state index in [0.717, 1.165) is 5.56 Å². The maximum Gasteiger partial charge on any atom is 0.329 e. The third-order valence-corrected chi connectivity index (χ3v) is 6.36. The zero-order valence-corrected chi connectivity index (χ0v) is 15.6. The molecule has 2 N–H and O–H groups in total. The number of carbonyl (C=O) groups is 2. The second-order valence-corrected chi connectivity index (χ2v) is 8.29. The van der Waals surface area contributed by atoms with Crippen LogP contribution in [0.25, 0.3) is 0 Å². The van der Waals surface area contributed by atoms with Gasteiger partial charge in [-0.15, -0.1) is 0 Å². The highest BCUT2D eigenvalue weighted by atomic mass is 32.2. The van der Waals surface area contributed by atoms with Crippen LogP contribution in [0.1, 0.15) is 28.8 Å². The summed E-state index contributed by atoms with van der Waals surface area (Å²) in [6, 6.07) is 11.5. The molecule has 0 spiro atoms. The molecule has 1 atom stereocenters. The van der Waals surface area contributed by atoms with Gasteiger partial charge in [-0.3, -0.25) is 4.79 Å². The minimum Gasteiger partial charge on any atom is -0.425 e. The molecule has 3 rings (SSSR count). The Balaban J connectivity index is 1.81. The number of nitrogens with two attached hydrogens (primary N) is 1. The Bertz CT molecular complexity index is 970. The van der Waals surface area contributed by atoms with Crippen molar-refractivity contribution >= 4 is 21.9 Å². The lowest BCUT2D eigenvalue weighted by Crippen LogP contribution is -2.42. The number of carbonyl (C=O) groups excluding carboxylic acids is 2. The summed E-state index contributed by atoms with van der Waals surface area (Å²) in [7, 11) is -3.81. The molecule has 1 aliphatic heterocycles. The van der Waals surface area contributed by atoms with Crippen molar-refractivity contribution in [1.29, 1.82) is 0 Å². The Labute approximate surface area is 157 Å². The summed E-state index contributed by atoms with van der Waals surface area (Å²) in [4.78, 5) is 24.0. The quantitative estimate of drug-likeness (QED) is 0.621. The third kappa shape index (κ3) is 4.01. The van der Waals surface area contributed by atoms with Gasteiger partial charge in [0.25, 0.3) is 0 Å². The van der Waals surface area contributed by atoms with Crippen LogP contribution < -0.4 is 10.5 Å². The third-order valence-electron chi connectivity index (χ3n) is 4.44. The number of primary amides is 1. The summed E-state index contributed by atoms with van der Waals surface area (Å²) in [5.41, 5.74) is 6.37. The Kier molecular flexibility index (Phi) is 5.29. The molecule has 1 saturated heterocycles. The van der Waals surface area contributed by atoms with Gasteiger partial charge in [-0.2, -0.15) is 4.31 Å². The maximum absolute atomic E-state index is 12.9. The summed E-state index contributed by atoms with van der Waals surface area (Å²) in [5.74, 6) is -1.17. The van der Waals surface area contributed by atoms with Gasteiger partial charge in [0.15, 0.2) is 0 Å². The maximum atomic E-state index is 12.9. The van der Waals surface area contributed by atoms with Gasteiger partial charge in [-0.1, -0.05) is 23.8 Å². The van der Waals surface area contributed by atoms with Crippen molar-refractivity contribution in [3.05, 3.63) is 59.7 Å². The predicted octanol–water partition coefficient (Wildman–Crippen LogP) is 1.85. The van der Waals surface area contributed by atoms with Crippen LogP contribution in [-0.2, 0) is 14.8 Å². The van der Waals surface area contributed by atoms with E-state index in [1.165, 1.54) is 40.7 Å². The van der Waals surface area contributed by atoms with Crippen LogP contribution >= 0.6 is 0 Å². The molecule has 1 amide bonds. The molecule has 0 bridgehead atoms. The summed E-state index contributed by atoms with van der Waals surface area (Å²) >= 11 is 0. The number of nitrogens with zero attached hydrogens (tertiary/aromatic N) is 1. The fourth-order valence-corrected chi connectivity index (χ4v) is 4.65. The van der Waals surface area contributed by atoms with E-state index in [2.05, 4.69) is 0 Å². The van der Waals surface area contributed by atoms with Gasteiger partial charge in [0.05, 0.1) is 4.90 Å². The molecule has 0 aliphatic carbocycles.